The van der Waals surface area contributed by atoms with Crippen molar-refractivity contribution in [2.24, 2.45) is 5.41 Å². The second kappa shape index (κ2) is 7.29. The molecule has 1 saturated heterocycles. The Kier molecular flexibility index (Phi) is 5.69. The minimum absolute atomic E-state index is 0.0609. The van der Waals surface area contributed by atoms with Crippen LogP contribution in [0, 0.1) is 5.41 Å². The average Bonchev–Trinajstić information content (AvgIpc) is 2.52. The summed E-state index contributed by atoms with van der Waals surface area (Å²) < 4.78 is 5.62. The Morgan fingerprint density at radius 2 is 1.54 bits per heavy atom. The summed E-state index contributed by atoms with van der Waals surface area (Å²) >= 11 is 0. The summed E-state index contributed by atoms with van der Waals surface area (Å²) in [5.74, 6) is 0.106. The highest BCUT2D eigenvalue weighted by Gasteiger charge is 2.41. The van der Waals surface area contributed by atoms with E-state index in [-0.39, 0.29) is 24.1 Å². The van der Waals surface area contributed by atoms with Crippen molar-refractivity contribution in [2.45, 2.75) is 66.2 Å². The van der Waals surface area contributed by atoms with Gasteiger partial charge in [0.25, 0.3) is 0 Å². The van der Waals surface area contributed by atoms with Crippen molar-refractivity contribution >= 4 is 12.0 Å². The fourth-order valence-corrected chi connectivity index (χ4v) is 3.17. The van der Waals surface area contributed by atoms with Crippen LogP contribution in [0.2, 0.25) is 0 Å². The topological polar surface area (TPSA) is 49.9 Å². The fourth-order valence-electron chi connectivity index (χ4n) is 3.17. The highest BCUT2D eigenvalue weighted by atomic mass is 16.6. The largest absolute Gasteiger partial charge is 0.444 e. The Hall–Kier alpha value is -2.04. The normalized spacial score (nSPS) is 21.5. The monoisotopic (exact) mass is 360 g/mol. The summed E-state index contributed by atoms with van der Waals surface area (Å²) in [4.78, 5) is 29.4. The maximum absolute atomic E-state index is 12.9. The molecule has 1 aliphatic rings. The number of carbonyl (C=O) groups is 2. The molecule has 0 unspecified atom stereocenters. The van der Waals surface area contributed by atoms with E-state index in [2.05, 4.69) is 0 Å². The summed E-state index contributed by atoms with van der Waals surface area (Å²) in [6.45, 7) is 14.3. The second-order valence-corrected chi connectivity index (χ2v) is 9.12. The van der Waals surface area contributed by atoms with Crippen molar-refractivity contribution in [3.05, 3.63) is 35.9 Å². The van der Waals surface area contributed by atoms with Gasteiger partial charge in [-0.25, -0.2) is 4.79 Å². The van der Waals surface area contributed by atoms with E-state index in [1.807, 2.05) is 83.7 Å². The van der Waals surface area contributed by atoms with Crippen molar-refractivity contribution in [1.29, 1.82) is 0 Å². The number of piperazine rings is 1. The molecule has 144 valence electrons. The van der Waals surface area contributed by atoms with Crippen LogP contribution in [0.3, 0.4) is 0 Å². The number of hydrogen-bond acceptors (Lipinski definition) is 3. The zero-order chi connectivity index (χ0) is 19.7. The van der Waals surface area contributed by atoms with E-state index in [1.165, 1.54) is 0 Å². The van der Waals surface area contributed by atoms with Crippen molar-refractivity contribution in [3.63, 3.8) is 0 Å². The summed E-state index contributed by atoms with van der Waals surface area (Å²) in [6.07, 6.45) is -0.332. The Morgan fingerprint density at radius 3 is 2.04 bits per heavy atom. The quantitative estimate of drug-likeness (QED) is 0.752. The molecule has 5 heteroatoms. The van der Waals surface area contributed by atoms with Gasteiger partial charge >= 0.3 is 6.09 Å². The first-order chi connectivity index (χ1) is 11.9. The molecule has 0 aliphatic carbocycles. The Bertz CT molecular complexity index is 643. The molecule has 0 aromatic heterocycles. The van der Waals surface area contributed by atoms with Gasteiger partial charge in [-0.2, -0.15) is 0 Å². The van der Waals surface area contributed by atoms with E-state index in [0.29, 0.717) is 13.1 Å². The van der Waals surface area contributed by atoms with Gasteiger partial charge in [-0.05, 0) is 33.3 Å². The van der Waals surface area contributed by atoms with Gasteiger partial charge in [0.1, 0.15) is 5.60 Å². The molecule has 1 aromatic rings. The molecule has 1 fully saturated rings. The number of nitrogens with zero attached hydrogens (tertiary/aromatic N) is 2. The smallest absolute Gasteiger partial charge is 0.410 e. The molecule has 2 atom stereocenters. The molecule has 0 spiro atoms. The van der Waals surface area contributed by atoms with Gasteiger partial charge in [-0.3, -0.25) is 9.69 Å². The fraction of sp³-hybridized carbons (Fsp3) is 0.619. The lowest BCUT2D eigenvalue weighted by molar-refractivity contribution is -0.145. The zero-order valence-corrected chi connectivity index (χ0v) is 17.1. The van der Waals surface area contributed by atoms with Gasteiger partial charge in [0.05, 0.1) is 6.04 Å². The van der Waals surface area contributed by atoms with Crippen LogP contribution in [-0.2, 0) is 9.53 Å². The summed E-state index contributed by atoms with van der Waals surface area (Å²) in [7, 11) is 0. The van der Waals surface area contributed by atoms with Gasteiger partial charge in [0.15, 0.2) is 0 Å². The molecule has 1 aliphatic heterocycles. The van der Waals surface area contributed by atoms with Crippen LogP contribution in [0.1, 0.15) is 60.1 Å². The first-order valence-electron chi connectivity index (χ1n) is 9.26. The molecule has 26 heavy (non-hydrogen) atoms. The SMILES string of the molecule is C[C@@H]1CN(C(=O)OC(C)(C)C)[C@@H](c2ccccc2)CN1C(=O)C(C)(C)C. The lowest BCUT2D eigenvalue weighted by Gasteiger charge is -2.47. The van der Waals surface area contributed by atoms with Crippen LogP contribution >= 0.6 is 0 Å². The van der Waals surface area contributed by atoms with Gasteiger partial charge in [0.2, 0.25) is 5.91 Å². The van der Waals surface area contributed by atoms with Gasteiger partial charge in [-0.15, -0.1) is 0 Å². The van der Waals surface area contributed by atoms with E-state index in [0.717, 1.165) is 5.56 Å². The van der Waals surface area contributed by atoms with Crippen LogP contribution in [0.25, 0.3) is 0 Å². The number of benzene rings is 1. The third kappa shape index (κ3) is 4.77. The zero-order valence-electron chi connectivity index (χ0n) is 17.1. The summed E-state index contributed by atoms with van der Waals surface area (Å²) in [5, 5.41) is 0. The van der Waals surface area contributed by atoms with Crippen LogP contribution in [0.4, 0.5) is 4.79 Å². The third-order valence-electron chi connectivity index (χ3n) is 4.45. The predicted octanol–water partition coefficient (Wildman–Crippen LogP) is 4.24. The van der Waals surface area contributed by atoms with E-state index in [4.69, 9.17) is 4.74 Å². The lowest BCUT2D eigenvalue weighted by atomic mass is 9.91. The minimum atomic E-state index is -0.556. The number of rotatable bonds is 1. The molecule has 0 N–H and O–H groups in total. The molecule has 0 saturated carbocycles. The Labute approximate surface area is 157 Å². The molecule has 2 rings (SSSR count). The average molecular weight is 360 g/mol. The maximum atomic E-state index is 12.9. The Morgan fingerprint density at radius 1 is 0.962 bits per heavy atom. The van der Waals surface area contributed by atoms with Crippen LogP contribution in [-0.4, -0.2) is 46.5 Å². The van der Waals surface area contributed by atoms with E-state index in [1.54, 1.807) is 4.90 Å². The van der Waals surface area contributed by atoms with E-state index < -0.39 is 11.0 Å². The van der Waals surface area contributed by atoms with E-state index >= 15 is 0 Å². The van der Waals surface area contributed by atoms with Crippen LogP contribution in [0.5, 0.6) is 0 Å². The van der Waals surface area contributed by atoms with Crippen molar-refractivity contribution < 1.29 is 14.3 Å². The van der Waals surface area contributed by atoms with Gasteiger partial charge < -0.3 is 9.64 Å². The van der Waals surface area contributed by atoms with Crippen molar-refractivity contribution in [2.75, 3.05) is 13.1 Å². The number of amides is 2. The van der Waals surface area contributed by atoms with Crippen LogP contribution < -0.4 is 0 Å². The summed E-state index contributed by atoms with van der Waals surface area (Å²) in [5.41, 5.74) is 0.000674. The summed E-state index contributed by atoms with van der Waals surface area (Å²) in [6, 6.07) is 9.58. The molecule has 2 amide bonds. The predicted molar refractivity (Wildman–Crippen MR) is 103 cm³/mol. The molecule has 1 aromatic carbocycles. The molecular weight excluding hydrogens is 328 g/mol. The van der Waals surface area contributed by atoms with Crippen LogP contribution in [0.15, 0.2) is 30.3 Å². The van der Waals surface area contributed by atoms with Crippen molar-refractivity contribution in [1.82, 2.24) is 9.80 Å². The first kappa shape index (κ1) is 20.3. The highest BCUT2D eigenvalue weighted by Crippen LogP contribution is 2.32. The highest BCUT2D eigenvalue weighted by molar-refractivity contribution is 5.82. The number of carbonyl (C=O) groups excluding carboxylic acids is 2. The molecule has 5 nitrogen and oxygen atoms in total. The third-order valence-corrected chi connectivity index (χ3v) is 4.45. The maximum Gasteiger partial charge on any atom is 0.410 e. The molecule has 1 heterocycles. The first-order valence-corrected chi connectivity index (χ1v) is 9.26. The Balaban J connectivity index is 2.34. The standard InChI is InChI=1S/C21H32N2O3/c1-15-13-23(19(25)26-21(5,6)7)17(16-11-9-8-10-12-16)14-22(15)18(24)20(2,3)4/h8-12,15,17H,13-14H2,1-7H3/t15-,17-/m1/s1. The second-order valence-electron chi connectivity index (χ2n) is 9.12. The van der Waals surface area contributed by atoms with Gasteiger partial charge in [-0.1, -0.05) is 51.1 Å². The lowest BCUT2D eigenvalue weighted by Crippen LogP contribution is -2.59. The minimum Gasteiger partial charge on any atom is -0.444 e. The van der Waals surface area contributed by atoms with E-state index in [9.17, 15) is 9.59 Å². The van der Waals surface area contributed by atoms with Gasteiger partial charge in [0, 0.05) is 24.5 Å². The number of hydrogen-bond donors (Lipinski definition) is 0. The molecule has 0 bridgehead atoms. The van der Waals surface area contributed by atoms with Crippen molar-refractivity contribution in [3.8, 4) is 0 Å². The molecular formula is C21H32N2O3. The number of ether oxygens (including phenoxy) is 1. The molecule has 0 radical (unpaired) electrons.